The summed E-state index contributed by atoms with van der Waals surface area (Å²) < 4.78 is 4.53. The average molecular weight is 386 g/mol. The molecule has 0 bridgehead atoms. The fourth-order valence-corrected chi connectivity index (χ4v) is 4.27. The molecule has 0 aliphatic heterocycles. The van der Waals surface area contributed by atoms with E-state index in [2.05, 4.69) is 57.3 Å². The minimum Gasteiger partial charge on any atom is -0.331 e. The van der Waals surface area contributed by atoms with E-state index < -0.39 is 0 Å². The Morgan fingerprint density at radius 1 is 1.37 bits per heavy atom. The predicted octanol–water partition coefficient (Wildman–Crippen LogP) is 5.44. The first-order valence-corrected chi connectivity index (χ1v) is 8.59. The summed E-state index contributed by atoms with van der Waals surface area (Å²) in [5.41, 5.74) is 2.45. The van der Waals surface area contributed by atoms with Crippen molar-refractivity contribution in [1.29, 1.82) is 0 Å². The van der Waals surface area contributed by atoms with E-state index in [0.717, 1.165) is 10.7 Å². The Bertz CT molecular complexity index is 643. The highest BCUT2D eigenvalue weighted by atomic mass is 127. The van der Waals surface area contributed by atoms with Crippen molar-refractivity contribution in [3.63, 3.8) is 0 Å². The van der Waals surface area contributed by atoms with Gasteiger partial charge in [0.15, 0.2) is 4.77 Å². The molecule has 2 unspecified atom stereocenters. The molecule has 2 aromatic rings. The number of benzene rings is 1. The Kier molecular flexibility index (Phi) is 3.98. The van der Waals surface area contributed by atoms with Gasteiger partial charge in [-0.3, -0.25) is 0 Å². The van der Waals surface area contributed by atoms with Crippen molar-refractivity contribution in [3.8, 4) is 0 Å². The molecule has 19 heavy (non-hydrogen) atoms. The van der Waals surface area contributed by atoms with Gasteiger partial charge in [0.25, 0.3) is 0 Å². The van der Waals surface area contributed by atoms with Crippen molar-refractivity contribution in [2.75, 3.05) is 0 Å². The molecule has 0 spiro atoms. The largest absolute Gasteiger partial charge is 0.331 e. The summed E-state index contributed by atoms with van der Waals surface area (Å²) >= 11 is 7.93. The van der Waals surface area contributed by atoms with Crippen molar-refractivity contribution in [3.05, 3.63) is 26.5 Å². The number of H-pyrrole nitrogens is 1. The van der Waals surface area contributed by atoms with E-state index in [-0.39, 0.29) is 0 Å². The summed E-state index contributed by atoms with van der Waals surface area (Å²) in [6.07, 6.45) is 6.58. The molecule has 0 amide bonds. The lowest BCUT2D eigenvalue weighted by atomic mass is 9.82. The van der Waals surface area contributed by atoms with Gasteiger partial charge in [0.2, 0.25) is 0 Å². The van der Waals surface area contributed by atoms with E-state index >= 15 is 0 Å². The number of rotatable bonds is 2. The third-order valence-corrected chi connectivity index (χ3v) is 5.37. The minimum absolute atomic E-state index is 0.583. The van der Waals surface area contributed by atoms with Crippen LogP contribution in [0.15, 0.2) is 18.2 Å². The van der Waals surface area contributed by atoms with Crippen LogP contribution in [0.4, 0.5) is 0 Å². The molecule has 1 saturated carbocycles. The monoisotopic (exact) mass is 386 g/mol. The molecule has 1 aliphatic rings. The molecule has 1 aromatic carbocycles. The van der Waals surface area contributed by atoms with Crippen LogP contribution in [-0.4, -0.2) is 9.55 Å². The summed E-state index contributed by atoms with van der Waals surface area (Å²) in [6, 6.07) is 7.16. The number of aromatic nitrogens is 2. The Hall–Kier alpha value is -0.360. The van der Waals surface area contributed by atoms with Crippen LogP contribution >= 0.6 is 34.8 Å². The number of hydrogen-bond acceptors (Lipinski definition) is 1. The number of nitrogens with one attached hydrogen (secondary N) is 1. The van der Waals surface area contributed by atoms with E-state index in [4.69, 9.17) is 12.2 Å². The zero-order valence-corrected chi connectivity index (χ0v) is 14.1. The SMILES string of the molecule is CCC1CCCCC1n1c(=S)[nH]c2cc(I)ccc21. The minimum atomic E-state index is 0.583. The molecular weight excluding hydrogens is 367 g/mol. The van der Waals surface area contributed by atoms with E-state index in [1.54, 1.807) is 0 Å². The van der Waals surface area contributed by atoms with Crippen LogP contribution in [0.1, 0.15) is 45.1 Å². The normalized spacial score (nSPS) is 23.9. The lowest BCUT2D eigenvalue weighted by Crippen LogP contribution is -2.22. The van der Waals surface area contributed by atoms with Crippen LogP contribution in [0.2, 0.25) is 0 Å². The van der Waals surface area contributed by atoms with E-state index in [1.807, 2.05) is 0 Å². The van der Waals surface area contributed by atoms with Gasteiger partial charge in [-0.2, -0.15) is 0 Å². The number of fused-ring (bicyclic) bond motifs is 1. The van der Waals surface area contributed by atoms with Gasteiger partial charge in [-0.25, -0.2) is 0 Å². The lowest BCUT2D eigenvalue weighted by Gasteiger charge is -2.32. The Balaban J connectivity index is 2.13. The second kappa shape index (κ2) is 5.56. The number of nitrogens with zero attached hydrogens (tertiary/aromatic N) is 1. The van der Waals surface area contributed by atoms with Gasteiger partial charge in [0.05, 0.1) is 11.0 Å². The molecule has 0 saturated heterocycles. The first-order valence-electron chi connectivity index (χ1n) is 7.10. The van der Waals surface area contributed by atoms with E-state index in [1.165, 1.54) is 46.7 Å². The van der Waals surface area contributed by atoms with E-state index in [0.29, 0.717) is 6.04 Å². The molecule has 1 heterocycles. The van der Waals surface area contributed by atoms with Crippen molar-refractivity contribution in [1.82, 2.24) is 9.55 Å². The highest BCUT2D eigenvalue weighted by molar-refractivity contribution is 14.1. The summed E-state index contributed by atoms with van der Waals surface area (Å²) in [7, 11) is 0. The van der Waals surface area contributed by atoms with Crippen LogP contribution in [-0.2, 0) is 0 Å². The summed E-state index contributed by atoms with van der Waals surface area (Å²) in [5, 5.41) is 0. The fourth-order valence-electron chi connectivity index (χ4n) is 3.44. The molecule has 1 N–H and O–H groups in total. The molecular formula is C15H19IN2S. The van der Waals surface area contributed by atoms with Crippen LogP contribution in [0.25, 0.3) is 11.0 Å². The molecule has 2 nitrogen and oxygen atoms in total. The molecule has 102 valence electrons. The maximum absolute atomic E-state index is 5.58. The second-order valence-corrected chi connectivity index (χ2v) is 7.11. The van der Waals surface area contributed by atoms with Crippen molar-refractivity contribution in [2.45, 2.75) is 45.1 Å². The van der Waals surface area contributed by atoms with Crippen LogP contribution in [0.5, 0.6) is 0 Å². The van der Waals surface area contributed by atoms with Crippen molar-refractivity contribution >= 4 is 45.8 Å². The van der Waals surface area contributed by atoms with Gasteiger partial charge in [-0.05, 0) is 71.8 Å². The second-order valence-electron chi connectivity index (χ2n) is 5.48. The summed E-state index contributed by atoms with van der Waals surface area (Å²) in [6.45, 7) is 2.31. The first-order chi connectivity index (χ1) is 9.20. The van der Waals surface area contributed by atoms with Gasteiger partial charge < -0.3 is 9.55 Å². The Labute approximate surface area is 132 Å². The highest BCUT2D eigenvalue weighted by Gasteiger charge is 2.26. The topological polar surface area (TPSA) is 20.7 Å². The van der Waals surface area contributed by atoms with Crippen LogP contribution in [0, 0.1) is 14.3 Å². The van der Waals surface area contributed by atoms with Gasteiger partial charge in [-0.15, -0.1) is 0 Å². The molecule has 2 atom stereocenters. The van der Waals surface area contributed by atoms with Gasteiger partial charge >= 0.3 is 0 Å². The number of halogens is 1. The van der Waals surface area contributed by atoms with Gasteiger partial charge in [0, 0.05) is 9.61 Å². The third kappa shape index (κ3) is 2.49. The summed E-state index contributed by atoms with van der Waals surface area (Å²) in [5.74, 6) is 0.777. The quantitative estimate of drug-likeness (QED) is 0.538. The molecule has 1 aromatic heterocycles. The zero-order valence-electron chi connectivity index (χ0n) is 11.2. The standard InChI is InChI=1S/C15H19IN2S/c1-2-10-5-3-4-6-13(10)18-14-8-7-11(16)9-12(14)17-15(18)19/h7-10,13H,2-6H2,1H3,(H,17,19). The van der Waals surface area contributed by atoms with Crippen LogP contribution in [0.3, 0.4) is 0 Å². The smallest absolute Gasteiger partial charge is 0.178 e. The molecule has 1 fully saturated rings. The highest BCUT2D eigenvalue weighted by Crippen LogP contribution is 2.38. The van der Waals surface area contributed by atoms with Crippen molar-refractivity contribution in [2.24, 2.45) is 5.92 Å². The lowest BCUT2D eigenvalue weighted by molar-refractivity contribution is 0.235. The van der Waals surface area contributed by atoms with E-state index in [9.17, 15) is 0 Å². The third-order valence-electron chi connectivity index (χ3n) is 4.40. The number of aromatic amines is 1. The van der Waals surface area contributed by atoms with Crippen LogP contribution < -0.4 is 0 Å². The van der Waals surface area contributed by atoms with Gasteiger partial charge in [-0.1, -0.05) is 26.2 Å². The predicted molar refractivity (Wildman–Crippen MR) is 91.1 cm³/mol. The summed E-state index contributed by atoms with van der Waals surface area (Å²) in [4.78, 5) is 3.38. The Morgan fingerprint density at radius 2 is 2.16 bits per heavy atom. The molecule has 3 rings (SSSR count). The first kappa shape index (κ1) is 13.6. The molecule has 0 radical (unpaired) electrons. The Morgan fingerprint density at radius 3 is 2.95 bits per heavy atom. The average Bonchev–Trinajstić information content (AvgIpc) is 2.73. The zero-order chi connectivity index (χ0) is 13.4. The maximum atomic E-state index is 5.58. The van der Waals surface area contributed by atoms with Gasteiger partial charge in [0.1, 0.15) is 0 Å². The molecule has 4 heteroatoms. The number of imidazole rings is 1. The maximum Gasteiger partial charge on any atom is 0.178 e. The number of hydrogen-bond donors (Lipinski definition) is 1. The fraction of sp³-hybridized carbons (Fsp3) is 0.533. The van der Waals surface area contributed by atoms with Crippen molar-refractivity contribution < 1.29 is 0 Å². The molecule has 1 aliphatic carbocycles.